The van der Waals surface area contributed by atoms with E-state index in [1.807, 2.05) is 54.6 Å². The van der Waals surface area contributed by atoms with E-state index >= 15 is 0 Å². The second-order valence-corrected chi connectivity index (χ2v) is 15.6. The van der Waals surface area contributed by atoms with Crippen LogP contribution < -0.4 is 10.4 Å². The third-order valence-corrected chi connectivity index (χ3v) is 11.7. The van der Waals surface area contributed by atoms with Crippen molar-refractivity contribution in [1.29, 1.82) is 0 Å². The molecule has 10 atom stereocenters. The molecule has 1 amide bonds. The minimum absolute atomic E-state index is 0.00359. The van der Waals surface area contributed by atoms with Crippen LogP contribution in [0, 0.1) is 0 Å². The second-order valence-electron chi connectivity index (χ2n) is 15.6. The Hall–Kier alpha value is -4.32. The molecule has 4 saturated heterocycles. The van der Waals surface area contributed by atoms with Crippen LogP contribution in [0.3, 0.4) is 0 Å². The predicted molar refractivity (Wildman–Crippen MR) is 217 cm³/mol. The molecule has 1 aromatic heterocycles. The highest BCUT2D eigenvalue weighted by atomic mass is 16.8. The Morgan fingerprint density at radius 3 is 2.28 bits per heavy atom. The van der Waals surface area contributed by atoms with Crippen LogP contribution >= 0.6 is 0 Å². The number of aliphatic imine (C=N–C) groups is 1. The van der Waals surface area contributed by atoms with Crippen molar-refractivity contribution in [3.8, 4) is 5.88 Å². The molecule has 3 aromatic carbocycles. The van der Waals surface area contributed by atoms with Gasteiger partial charge in [0.25, 0.3) is 0 Å². The Kier molecular flexibility index (Phi) is 12.7. The van der Waals surface area contributed by atoms with Gasteiger partial charge in [-0.3, -0.25) is 9.69 Å². The minimum atomic E-state index is -1.74. The van der Waals surface area contributed by atoms with Crippen molar-refractivity contribution in [3.63, 3.8) is 0 Å². The number of piperazine rings is 1. The Bertz CT molecular complexity index is 2140. The number of fused-ring (bicyclic) bond motifs is 2. The van der Waals surface area contributed by atoms with Crippen LogP contribution in [-0.4, -0.2) is 191 Å². The first-order valence-electron chi connectivity index (χ1n) is 19.9. The first kappa shape index (κ1) is 42.4. The number of likely N-dealkylation sites (N-methyl/N-ethyl adjacent to an activating group) is 2. The van der Waals surface area contributed by atoms with Gasteiger partial charge in [0.2, 0.25) is 5.91 Å². The monoisotopic (exact) mass is 831 g/mol. The van der Waals surface area contributed by atoms with Crippen LogP contribution in [0.2, 0.25) is 0 Å². The van der Waals surface area contributed by atoms with Crippen molar-refractivity contribution in [2.24, 2.45) is 4.99 Å². The lowest BCUT2D eigenvalue weighted by Crippen LogP contribution is -2.64. The Labute approximate surface area is 345 Å². The molecule has 4 aliphatic heterocycles. The molecule has 0 bridgehead atoms. The summed E-state index contributed by atoms with van der Waals surface area (Å²) in [5.41, 5.74) is 4.00. The van der Waals surface area contributed by atoms with Gasteiger partial charge in [0.1, 0.15) is 48.8 Å². The number of carbonyl (C=O) groups is 1. The maximum Gasteiger partial charge on any atom is 0.494 e. The molecule has 5 heterocycles. The van der Waals surface area contributed by atoms with Crippen molar-refractivity contribution in [2.45, 2.75) is 61.4 Å². The maximum absolute atomic E-state index is 13.1. The molecule has 19 heteroatoms. The van der Waals surface area contributed by atoms with E-state index in [1.165, 1.54) is 0 Å². The maximum atomic E-state index is 13.1. The molecule has 4 fully saturated rings. The third-order valence-electron chi connectivity index (χ3n) is 11.7. The Morgan fingerprint density at radius 2 is 1.58 bits per heavy atom. The highest BCUT2D eigenvalue weighted by molar-refractivity contribution is 6.62. The summed E-state index contributed by atoms with van der Waals surface area (Å²) in [5.74, 6) is -0.142. The number of aromatic amines is 1. The smallest absolute Gasteiger partial charge is 0.494 e. The standard InChI is InChI=1S/C41H50BN5O13/c1-45-14-16-47(17-15-45)19-30(50)46(2)25-11-9-24(10-12-25)43-32(22-6-4-3-5-7-22)31-26-13-8-23(18-27(26)44-39(31)54)42-59-37-36(29(21-49)56-40(55)38(37)60-42)58-41-35(53)34(52)33(51)28(20-48)57-41/h3-13,18,28-29,33-38,40-41,44,48-49,51-55H,14-17,19-21H2,1-2H3/t28-,29-,33-,34+,35-,36-,37+,38-,40-,41-/m1/s1. The van der Waals surface area contributed by atoms with E-state index in [0.717, 1.165) is 37.4 Å². The van der Waals surface area contributed by atoms with Gasteiger partial charge in [-0.25, -0.2) is 4.99 Å². The summed E-state index contributed by atoms with van der Waals surface area (Å²) in [7, 11) is 2.74. The van der Waals surface area contributed by atoms with E-state index in [2.05, 4.69) is 21.8 Å². The molecule has 60 heavy (non-hydrogen) atoms. The number of aromatic nitrogens is 1. The number of nitrogens with zero attached hydrogens (tertiary/aromatic N) is 4. The van der Waals surface area contributed by atoms with Crippen LogP contribution in [0.5, 0.6) is 5.88 Å². The quantitative estimate of drug-likeness (QED) is 0.0643. The first-order chi connectivity index (χ1) is 28.9. The number of benzene rings is 3. The number of rotatable bonds is 11. The van der Waals surface area contributed by atoms with E-state index in [-0.39, 0.29) is 11.8 Å². The molecular weight excluding hydrogens is 781 g/mol. The zero-order valence-corrected chi connectivity index (χ0v) is 33.1. The van der Waals surface area contributed by atoms with E-state index in [1.54, 1.807) is 30.1 Å². The van der Waals surface area contributed by atoms with Gasteiger partial charge in [-0.1, -0.05) is 42.5 Å². The molecule has 0 unspecified atom stereocenters. The van der Waals surface area contributed by atoms with Gasteiger partial charge in [0.15, 0.2) is 18.5 Å². The normalized spacial score (nSPS) is 30.5. The number of aliphatic hydroxyl groups is 6. The topological polar surface area (TPSA) is 243 Å². The largest absolute Gasteiger partial charge is 0.494 e. The van der Waals surface area contributed by atoms with Gasteiger partial charge < -0.3 is 74.0 Å². The summed E-state index contributed by atoms with van der Waals surface area (Å²) in [6.45, 7) is 2.57. The van der Waals surface area contributed by atoms with Crippen LogP contribution in [0.25, 0.3) is 10.9 Å². The number of anilines is 1. The molecular formula is C41H50BN5O13. The average Bonchev–Trinajstić information content (AvgIpc) is 3.86. The van der Waals surface area contributed by atoms with Gasteiger partial charge in [-0.15, -0.1) is 0 Å². The molecule has 8 rings (SSSR count). The van der Waals surface area contributed by atoms with Crippen LogP contribution in [-0.2, 0) is 28.3 Å². The third kappa shape index (κ3) is 8.46. The summed E-state index contributed by atoms with van der Waals surface area (Å²) >= 11 is 0. The van der Waals surface area contributed by atoms with Crippen molar-refractivity contribution >= 4 is 46.5 Å². The number of carbonyl (C=O) groups excluding carboxylic acids is 1. The minimum Gasteiger partial charge on any atom is -0.494 e. The van der Waals surface area contributed by atoms with Gasteiger partial charge in [-0.2, -0.15) is 0 Å². The van der Waals surface area contributed by atoms with E-state index in [0.29, 0.717) is 39.9 Å². The molecule has 0 radical (unpaired) electrons. The number of aliphatic hydroxyl groups excluding tert-OH is 6. The molecule has 0 saturated carbocycles. The van der Waals surface area contributed by atoms with Crippen molar-refractivity contribution in [2.75, 3.05) is 64.9 Å². The van der Waals surface area contributed by atoms with Crippen molar-refractivity contribution in [1.82, 2.24) is 14.8 Å². The number of hydrogen-bond acceptors (Lipinski definition) is 16. The highest BCUT2D eigenvalue weighted by Crippen LogP contribution is 2.36. The zero-order chi connectivity index (χ0) is 42.2. The second kappa shape index (κ2) is 18.0. The molecule has 0 spiro atoms. The number of aromatic hydroxyl groups is 1. The number of hydrogen-bond donors (Lipinski definition) is 8. The predicted octanol–water partition coefficient (Wildman–Crippen LogP) is -1.37. The lowest BCUT2D eigenvalue weighted by Gasteiger charge is -2.45. The van der Waals surface area contributed by atoms with E-state index < -0.39 is 81.7 Å². The van der Waals surface area contributed by atoms with Gasteiger partial charge in [0, 0.05) is 55.4 Å². The van der Waals surface area contributed by atoms with Crippen LogP contribution in [0.4, 0.5) is 11.4 Å². The summed E-state index contributed by atoms with van der Waals surface area (Å²) in [6.07, 6.45) is -14.0. The van der Waals surface area contributed by atoms with Crippen LogP contribution in [0.1, 0.15) is 11.1 Å². The van der Waals surface area contributed by atoms with Crippen LogP contribution in [0.15, 0.2) is 77.8 Å². The summed E-state index contributed by atoms with van der Waals surface area (Å²) in [4.78, 5) is 27.2. The number of amides is 1. The van der Waals surface area contributed by atoms with Gasteiger partial charge in [-0.05, 0) is 42.8 Å². The fourth-order valence-corrected chi connectivity index (χ4v) is 8.09. The fourth-order valence-electron chi connectivity index (χ4n) is 8.09. The SMILES string of the molecule is CN1CCN(CC(=O)N(C)c2ccc(N=C(c3ccccc3)c3c(O)[nH]c4cc(B5O[C@@H]6[C@@H](O5)[C@H](O)O[C@H](CO)[C@H]6O[C@H]5O[C@H](CO)[C@@H](O)[C@H](O)[C@H]5O)ccc34)cc2)CC1. The van der Waals surface area contributed by atoms with E-state index in [4.69, 9.17) is 28.5 Å². The molecule has 320 valence electrons. The summed E-state index contributed by atoms with van der Waals surface area (Å²) in [5, 5.41) is 73.9. The molecule has 18 nitrogen and oxygen atoms in total. The highest BCUT2D eigenvalue weighted by Gasteiger charge is 2.56. The Balaban J connectivity index is 1.03. The molecule has 4 aromatic rings. The molecule has 0 aliphatic carbocycles. The molecule has 8 N–H and O–H groups in total. The number of nitrogens with one attached hydrogen (secondary N) is 1. The first-order valence-corrected chi connectivity index (χ1v) is 19.9. The lowest BCUT2D eigenvalue weighted by atomic mass is 9.79. The Morgan fingerprint density at radius 1 is 0.883 bits per heavy atom. The average molecular weight is 832 g/mol. The summed E-state index contributed by atoms with van der Waals surface area (Å²) in [6, 6.07) is 22.0. The summed E-state index contributed by atoms with van der Waals surface area (Å²) < 4.78 is 29.5. The van der Waals surface area contributed by atoms with Crippen molar-refractivity contribution < 1.29 is 64.1 Å². The number of ether oxygens (including phenoxy) is 3. The van der Waals surface area contributed by atoms with Gasteiger partial charge >= 0.3 is 7.12 Å². The number of H-pyrrole nitrogens is 1. The lowest BCUT2D eigenvalue weighted by molar-refractivity contribution is -0.345. The van der Waals surface area contributed by atoms with Crippen molar-refractivity contribution in [3.05, 3.63) is 83.9 Å². The molecule has 4 aliphatic rings. The zero-order valence-electron chi connectivity index (χ0n) is 33.1. The van der Waals surface area contributed by atoms with Gasteiger partial charge in [0.05, 0.1) is 36.7 Å². The fraction of sp³-hybridized carbons (Fsp3) is 0.463. The van der Waals surface area contributed by atoms with E-state index in [9.17, 15) is 40.5 Å².